The predicted octanol–water partition coefficient (Wildman–Crippen LogP) is 5.60. The summed E-state index contributed by atoms with van der Waals surface area (Å²) >= 11 is 0. The van der Waals surface area contributed by atoms with Crippen molar-refractivity contribution < 1.29 is 22.8 Å². The molecule has 3 aromatic carbocycles. The highest BCUT2D eigenvalue weighted by Crippen LogP contribution is 2.30. The smallest absolute Gasteiger partial charge is 0.348 e. The van der Waals surface area contributed by atoms with E-state index in [1.807, 2.05) is 30.3 Å². The van der Waals surface area contributed by atoms with Crippen LogP contribution in [-0.4, -0.2) is 26.4 Å². The molecular formula is C28H20F3N5O2. The molecule has 190 valence electrons. The summed E-state index contributed by atoms with van der Waals surface area (Å²) in [5.41, 5.74) is 2.22. The second kappa shape index (κ2) is 10.2. The van der Waals surface area contributed by atoms with Crippen LogP contribution in [0.5, 0.6) is 0 Å². The van der Waals surface area contributed by atoms with Gasteiger partial charge in [0.1, 0.15) is 5.56 Å². The number of nitrogens with one attached hydrogen (secondary N) is 2. The molecule has 0 fully saturated rings. The Morgan fingerprint density at radius 3 is 2.45 bits per heavy atom. The second-order valence-corrected chi connectivity index (χ2v) is 8.41. The molecule has 0 radical (unpaired) electrons. The molecule has 0 saturated heterocycles. The van der Waals surface area contributed by atoms with E-state index < -0.39 is 17.6 Å². The third-order valence-electron chi connectivity index (χ3n) is 5.81. The highest BCUT2D eigenvalue weighted by atomic mass is 19.4. The quantitative estimate of drug-likeness (QED) is 0.308. The number of benzene rings is 3. The van der Waals surface area contributed by atoms with Gasteiger partial charge in [0.2, 0.25) is 0 Å². The molecule has 5 rings (SSSR count). The average Bonchev–Trinajstić information content (AvgIpc) is 3.37. The maximum absolute atomic E-state index is 13.0. The van der Waals surface area contributed by atoms with Gasteiger partial charge in [0.15, 0.2) is 5.65 Å². The number of amides is 2. The molecule has 2 N–H and O–H groups in total. The molecule has 0 bridgehead atoms. The number of nitrogens with zero attached hydrogens (tertiary/aromatic N) is 3. The van der Waals surface area contributed by atoms with Crippen LogP contribution in [0.15, 0.2) is 97.3 Å². The number of rotatable bonds is 6. The third kappa shape index (κ3) is 5.24. The zero-order valence-electron chi connectivity index (χ0n) is 19.7. The van der Waals surface area contributed by atoms with Crippen molar-refractivity contribution in [1.82, 2.24) is 19.9 Å². The normalized spacial score (nSPS) is 11.3. The number of hydrogen-bond acceptors (Lipinski definition) is 4. The average molecular weight is 515 g/mol. The van der Waals surface area contributed by atoms with Gasteiger partial charge in [0, 0.05) is 29.6 Å². The number of carbonyl (C=O) groups excluding carboxylic acids is 2. The van der Waals surface area contributed by atoms with Crippen molar-refractivity contribution in [3.8, 4) is 11.3 Å². The van der Waals surface area contributed by atoms with E-state index in [1.54, 1.807) is 36.5 Å². The van der Waals surface area contributed by atoms with Crippen LogP contribution >= 0.6 is 0 Å². The molecule has 7 nitrogen and oxygen atoms in total. The summed E-state index contributed by atoms with van der Waals surface area (Å²) in [7, 11) is 0. The Hall–Kier alpha value is -4.99. The summed E-state index contributed by atoms with van der Waals surface area (Å²) in [5, 5.41) is 9.84. The van der Waals surface area contributed by atoms with Crippen LogP contribution in [0.25, 0.3) is 16.9 Å². The summed E-state index contributed by atoms with van der Waals surface area (Å²) in [6, 6.07) is 22.2. The molecule has 0 atom stereocenters. The zero-order valence-corrected chi connectivity index (χ0v) is 19.7. The lowest BCUT2D eigenvalue weighted by Gasteiger charge is -2.11. The van der Waals surface area contributed by atoms with Gasteiger partial charge in [-0.15, -0.1) is 0 Å². The van der Waals surface area contributed by atoms with E-state index in [2.05, 4.69) is 20.7 Å². The first-order valence-corrected chi connectivity index (χ1v) is 11.5. The van der Waals surface area contributed by atoms with Crippen LogP contribution in [0.4, 0.5) is 18.9 Å². The fourth-order valence-corrected chi connectivity index (χ4v) is 3.94. The van der Waals surface area contributed by atoms with Gasteiger partial charge in [-0.25, -0.2) is 9.50 Å². The fraction of sp³-hybridized carbons (Fsp3) is 0.0714. The molecule has 0 aliphatic rings. The van der Waals surface area contributed by atoms with Gasteiger partial charge in [-0.2, -0.15) is 18.3 Å². The number of aromatic nitrogens is 3. The van der Waals surface area contributed by atoms with Crippen LogP contribution in [0.1, 0.15) is 31.8 Å². The molecule has 10 heteroatoms. The number of fused-ring (bicyclic) bond motifs is 1. The Kier molecular flexibility index (Phi) is 6.61. The van der Waals surface area contributed by atoms with Gasteiger partial charge in [-0.1, -0.05) is 48.5 Å². The summed E-state index contributed by atoms with van der Waals surface area (Å²) in [5.74, 6) is -1.000. The highest BCUT2D eigenvalue weighted by Gasteiger charge is 2.31. The number of carbonyl (C=O) groups is 2. The summed E-state index contributed by atoms with van der Waals surface area (Å²) in [4.78, 5) is 29.8. The fourth-order valence-electron chi connectivity index (χ4n) is 3.94. The van der Waals surface area contributed by atoms with Gasteiger partial charge in [-0.05, 0) is 42.0 Å². The number of anilines is 1. The lowest BCUT2D eigenvalue weighted by Crippen LogP contribution is -2.22. The minimum absolute atomic E-state index is 0.116. The van der Waals surface area contributed by atoms with Gasteiger partial charge < -0.3 is 10.6 Å². The summed E-state index contributed by atoms with van der Waals surface area (Å²) in [6.45, 7) is 0.352. The van der Waals surface area contributed by atoms with E-state index in [-0.39, 0.29) is 11.5 Å². The van der Waals surface area contributed by atoms with E-state index in [1.165, 1.54) is 22.8 Å². The van der Waals surface area contributed by atoms with E-state index in [4.69, 9.17) is 0 Å². The molecule has 0 aliphatic heterocycles. The highest BCUT2D eigenvalue weighted by molar-refractivity contribution is 6.04. The Morgan fingerprint density at radius 1 is 0.868 bits per heavy atom. The van der Waals surface area contributed by atoms with E-state index in [0.29, 0.717) is 34.7 Å². The van der Waals surface area contributed by atoms with Crippen molar-refractivity contribution in [3.63, 3.8) is 0 Å². The molecule has 0 aliphatic carbocycles. The van der Waals surface area contributed by atoms with Crippen molar-refractivity contribution in [1.29, 1.82) is 0 Å². The molecule has 5 aromatic rings. The minimum Gasteiger partial charge on any atom is -0.348 e. The molecule has 38 heavy (non-hydrogen) atoms. The van der Waals surface area contributed by atoms with Crippen molar-refractivity contribution in [2.24, 2.45) is 0 Å². The second-order valence-electron chi connectivity index (χ2n) is 8.41. The Labute approximate surface area is 215 Å². The molecule has 0 unspecified atom stereocenters. The summed E-state index contributed by atoms with van der Waals surface area (Å²) in [6.07, 6.45) is -1.57. The molecule has 0 saturated carbocycles. The van der Waals surface area contributed by atoms with Gasteiger partial charge in [-0.3, -0.25) is 9.59 Å². The first-order valence-electron chi connectivity index (χ1n) is 11.5. The van der Waals surface area contributed by atoms with Crippen LogP contribution in [0, 0.1) is 0 Å². The molecule has 2 amide bonds. The van der Waals surface area contributed by atoms with Crippen LogP contribution in [0.3, 0.4) is 0 Å². The minimum atomic E-state index is -4.55. The van der Waals surface area contributed by atoms with E-state index in [0.717, 1.165) is 17.7 Å². The standard InChI is InChI=1S/C28H20F3N5O2/c29-28(30,31)21-10-4-9-20(14-21)26(37)35-22-11-5-8-19(15-22)24-12-13-32-25-23(17-34-36(24)25)27(38)33-16-18-6-2-1-3-7-18/h1-15,17H,16H2,(H,33,38)(H,35,37). The van der Waals surface area contributed by atoms with Gasteiger partial charge in [0.05, 0.1) is 17.5 Å². The lowest BCUT2D eigenvalue weighted by molar-refractivity contribution is -0.137. The van der Waals surface area contributed by atoms with Crippen molar-refractivity contribution in [2.45, 2.75) is 12.7 Å². The molecule has 2 aromatic heterocycles. The Morgan fingerprint density at radius 2 is 1.66 bits per heavy atom. The van der Waals surface area contributed by atoms with Crippen molar-refractivity contribution in [3.05, 3.63) is 120 Å². The molecular weight excluding hydrogens is 495 g/mol. The Balaban J connectivity index is 1.37. The molecule has 2 heterocycles. The zero-order chi connectivity index (χ0) is 26.7. The first-order chi connectivity index (χ1) is 18.3. The van der Waals surface area contributed by atoms with Gasteiger partial charge >= 0.3 is 6.18 Å². The van der Waals surface area contributed by atoms with E-state index >= 15 is 0 Å². The van der Waals surface area contributed by atoms with Crippen molar-refractivity contribution >= 4 is 23.1 Å². The first kappa shape index (κ1) is 24.7. The molecule has 0 spiro atoms. The largest absolute Gasteiger partial charge is 0.416 e. The van der Waals surface area contributed by atoms with Gasteiger partial charge in [0.25, 0.3) is 11.8 Å². The SMILES string of the molecule is O=C(Nc1cccc(-c2ccnc3c(C(=O)NCc4ccccc4)cnn23)c1)c1cccc(C(F)(F)F)c1. The summed E-state index contributed by atoms with van der Waals surface area (Å²) < 4.78 is 40.6. The topological polar surface area (TPSA) is 88.4 Å². The van der Waals surface area contributed by atoms with Crippen molar-refractivity contribution in [2.75, 3.05) is 5.32 Å². The van der Waals surface area contributed by atoms with Crippen LogP contribution in [0.2, 0.25) is 0 Å². The maximum atomic E-state index is 13.0. The number of hydrogen-bond donors (Lipinski definition) is 2. The number of alkyl halides is 3. The van der Waals surface area contributed by atoms with E-state index in [9.17, 15) is 22.8 Å². The third-order valence-corrected chi connectivity index (χ3v) is 5.81. The monoisotopic (exact) mass is 515 g/mol. The lowest BCUT2D eigenvalue weighted by atomic mass is 10.1. The maximum Gasteiger partial charge on any atom is 0.416 e. The predicted molar refractivity (Wildman–Crippen MR) is 135 cm³/mol. The van der Waals surface area contributed by atoms with Crippen LogP contribution < -0.4 is 10.6 Å². The number of halogens is 3. The Bertz CT molecular complexity index is 1630. The van der Waals surface area contributed by atoms with Crippen LogP contribution in [-0.2, 0) is 12.7 Å².